The van der Waals surface area contributed by atoms with Crippen LogP contribution >= 0.6 is 0 Å². The van der Waals surface area contributed by atoms with Crippen LogP contribution in [0.3, 0.4) is 0 Å². The predicted octanol–water partition coefficient (Wildman–Crippen LogP) is 1.26. The highest BCUT2D eigenvalue weighted by Gasteiger charge is 2.34. The SMILES string of the molecule is [2H][13C](=O)[13C@H]([2H])[13C@H]([2H])[13C@@H]([2H])[15N]1C(=O)c2ccccc2C1=O. The maximum Gasteiger partial charge on any atom is 0.261 e. The lowest BCUT2D eigenvalue weighted by atomic mass is 10.1. The first-order valence-electron chi connectivity index (χ1n) is 6.83. The molecule has 4 nitrogen and oxygen atoms in total. The highest BCUT2D eigenvalue weighted by molar-refractivity contribution is 6.21. The molecular weight excluding hydrogens is 211 g/mol. The molecule has 0 bridgehead atoms. The fraction of sp³-hybridized carbons (Fsp3) is 0.250. The van der Waals surface area contributed by atoms with E-state index in [1.807, 2.05) is 0 Å². The molecule has 0 saturated carbocycles. The summed E-state index contributed by atoms with van der Waals surface area (Å²) in [5.74, 6) is -1.43. The third-order valence-electron chi connectivity index (χ3n) is 2.22. The van der Waals surface area contributed by atoms with E-state index >= 15 is 0 Å². The van der Waals surface area contributed by atoms with E-state index in [-0.39, 0.29) is 11.1 Å². The van der Waals surface area contributed by atoms with E-state index in [9.17, 15) is 14.4 Å². The molecule has 0 fully saturated rings. The second kappa shape index (κ2) is 4.26. The number of hydrogen-bond acceptors (Lipinski definition) is 3. The van der Waals surface area contributed by atoms with Crippen molar-refractivity contribution in [2.45, 2.75) is 12.8 Å². The molecule has 0 spiro atoms. The third kappa shape index (κ3) is 1.62. The minimum atomic E-state index is -1.79. The number of rotatable bonds is 4. The van der Waals surface area contributed by atoms with Crippen molar-refractivity contribution in [2.75, 3.05) is 6.52 Å². The van der Waals surface area contributed by atoms with E-state index in [0.29, 0.717) is 4.90 Å². The highest BCUT2D eigenvalue weighted by atomic mass is 16.3. The van der Waals surface area contributed by atoms with E-state index in [2.05, 4.69) is 0 Å². The smallest absolute Gasteiger partial charge is 0.261 e. The fourth-order valence-corrected chi connectivity index (χ4v) is 1.51. The molecule has 3 atom stereocenters. The standard InChI is InChI=1S/C12H11NO3/c14-8-4-3-7-13-11(15)9-5-1-2-6-10(9)12(13)16/h1-2,5-6,8H,3-4,7H2/i3+1D,4+1D,7+1D,8+1D,13+1/t3-,4+,7+/m0/s1. The van der Waals surface area contributed by atoms with Crippen LogP contribution in [-0.4, -0.2) is 29.5 Å². The van der Waals surface area contributed by atoms with Gasteiger partial charge in [0.25, 0.3) is 11.8 Å². The van der Waals surface area contributed by atoms with Crippen LogP contribution in [-0.2, 0) is 4.79 Å². The Morgan fingerprint density at radius 3 is 2.31 bits per heavy atom. The van der Waals surface area contributed by atoms with Crippen molar-refractivity contribution < 1.29 is 19.9 Å². The normalized spacial score (nSPS) is 23.6. The topological polar surface area (TPSA) is 54.5 Å². The van der Waals surface area contributed by atoms with Gasteiger partial charge in [-0.15, -0.1) is 0 Å². The number of imide groups is 1. The first-order valence-corrected chi connectivity index (χ1v) is 4.60. The molecule has 2 rings (SSSR count). The number of amides is 2. The van der Waals surface area contributed by atoms with Crippen LogP contribution in [0.2, 0.25) is 0 Å². The molecule has 1 aliphatic heterocycles. The van der Waals surface area contributed by atoms with Crippen LogP contribution in [0.5, 0.6) is 0 Å². The Kier molecular flexibility index (Phi) is 1.75. The zero-order chi connectivity index (χ0) is 15.0. The molecule has 0 N–H and O–H groups in total. The van der Waals surface area contributed by atoms with Crippen molar-refractivity contribution in [2.24, 2.45) is 0 Å². The Labute approximate surface area is 98.5 Å². The molecule has 0 aliphatic carbocycles. The minimum Gasteiger partial charge on any atom is -0.303 e. The molecule has 0 radical (unpaired) electrons. The number of aldehydes is 1. The summed E-state index contributed by atoms with van der Waals surface area (Å²) < 4.78 is 29.5. The minimum absolute atomic E-state index is 0.140. The van der Waals surface area contributed by atoms with Gasteiger partial charge in [0.2, 0.25) is 0 Å². The fourth-order valence-electron chi connectivity index (χ4n) is 1.51. The van der Waals surface area contributed by atoms with Crippen molar-refractivity contribution in [3.05, 3.63) is 35.4 Å². The average molecular weight is 226 g/mol. The average Bonchev–Trinajstić information content (AvgIpc) is 2.69. The van der Waals surface area contributed by atoms with Crippen LogP contribution in [0.25, 0.3) is 0 Å². The van der Waals surface area contributed by atoms with Crippen LogP contribution in [0.1, 0.15) is 39.0 Å². The Bertz CT molecular complexity index is 557. The number of carbonyl (C=O) groups excluding carboxylic acids is 3. The molecule has 16 heavy (non-hydrogen) atoms. The van der Waals surface area contributed by atoms with Crippen LogP contribution in [0, 0.1) is 0 Å². The van der Waals surface area contributed by atoms with Gasteiger partial charge in [0, 0.05) is 17.0 Å². The summed E-state index contributed by atoms with van der Waals surface area (Å²) >= 11 is 0. The molecule has 1 aromatic carbocycles. The molecule has 0 aromatic heterocycles. The van der Waals surface area contributed by atoms with Gasteiger partial charge in [-0.1, -0.05) is 12.1 Å². The number of carbonyl (C=O) groups is 3. The summed E-state index contributed by atoms with van der Waals surface area (Å²) in [6.07, 6.45) is -4.79. The van der Waals surface area contributed by atoms with Gasteiger partial charge in [-0.05, 0) is 18.5 Å². The van der Waals surface area contributed by atoms with Gasteiger partial charge >= 0.3 is 0 Å². The van der Waals surface area contributed by atoms with E-state index in [4.69, 9.17) is 5.48 Å². The van der Waals surface area contributed by atoms with Crippen molar-refractivity contribution in [1.82, 2.24) is 4.90 Å². The van der Waals surface area contributed by atoms with Gasteiger partial charge in [0.1, 0.15) is 7.63 Å². The molecule has 4 heteroatoms. The maximum absolute atomic E-state index is 12.1. The summed E-state index contributed by atoms with van der Waals surface area (Å²) in [7, 11) is 0. The molecule has 82 valence electrons. The number of fused-ring (bicyclic) bond motifs is 1. The van der Waals surface area contributed by atoms with Gasteiger partial charge in [0.05, 0.1) is 11.1 Å². The lowest BCUT2D eigenvalue weighted by Gasteiger charge is -2.12. The zero-order valence-electron chi connectivity index (χ0n) is 12.2. The molecule has 1 aromatic rings. The summed E-state index contributed by atoms with van der Waals surface area (Å²) in [6.45, 7) is -1.70. The number of hydrogen-bond donors (Lipinski definition) is 0. The third-order valence-corrected chi connectivity index (χ3v) is 2.22. The van der Waals surface area contributed by atoms with Crippen molar-refractivity contribution in [3.8, 4) is 0 Å². The van der Waals surface area contributed by atoms with Gasteiger partial charge in [-0.2, -0.15) is 0 Å². The summed E-state index contributed by atoms with van der Waals surface area (Å²) in [4.78, 5) is 35.4. The first kappa shape index (κ1) is 6.58. The Morgan fingerprint density at radius 1 is 1.25 bits per heavy atom. The van der Waals surface area contributed by atoms with Crippen molar-refractivity contribution in [1.29, 1.82) is 0 Å². The van der Waals surface area contributed by atoms with Gasteiger partial charge < -0.3 is 4.79 Å². The van der Waals surface area contributed by atoms with E-state index in [1.54, 1.807) is 12.1 Å². The van der Waals surface area contributed by atoms with E-state index in [0.717, 1.165) is 0 Å². The van der Waals surface area contributed by atoms with Gasteiger partial charge in [0.15, 0.2) is 0 Å². The Hall–Kier alpha value is -1.97. The summed E-state index contributed by atoms with van der Waals surface area (Å²) in [5, 5.41) is 0. The summed E-state index contributed by atoms with van der Waals surface area (Å²) in [5.41, 5.74) is 0.279. The monoisotopic (exact) mass is 226 g/mol. The second-order valence-corrected chi connectivity index (χ2v) is 3.15. The van der Waals surface area contributed by atoms with E-state index < -0.39 is 37.4 Å². The highest BCUT2D eigenvalue weighted by Crippen LogP contribution is 2.22. The molecule has 2 amide bonds. The van der Waals surface area contributed by atoms with Crippen LogP contribution in [0.4, 0.5) is 0 Å². The van der Waals surface area contributed by atoms with Crippen molar-refractivity contribution in [3.63, 3.8) is 0 Å². The van der Waals surface area contributed by atoms with Crippen LogP contribution in [0.15, 0.2) is 24.3 Å². The van der Waals surface area contributed by atoms with E-state index in [1.165, 1.54) is 12.1 Å². The second-order valence-electron chi connectivity index (χ2n) is 3.15. The molecule has 0 saturated heterocycles. The molecule has 1 heterocycles. The largest absolute Gasteiger partial charge is 0.303 e. The predicted molar refractivity (Wildman–Crippen MR) is 57.1 cm³/mol. The summed E-state index contributed by atoms with van der Waals surface area (Å²) in [6, 6.07) is 6.03. The van der Waals surface area contributed by atoms with Crippen LogP contribution < -0.4 is 0 Å². The van der Waals surface area contributed by atoms with Gasteiger partial charge in [-0.25, -0.2) is 0 Å². The number of benzene rings is 1. The Balaban J connectivity index is 2.30. The molecular formula is C12H11NO3. The zero-order valence-corrected chi connectivity index (χ0v) is 8.21. The lowest BCUT2D eigenvalue weighted by Crippen LogP contribution is -2.30. The number of nitrogens with zero attached hydrogens (tertiary/aromatic N) is 1. The van der Waals surface area contributed by atoms with Crippen molar-refractivity contribution >= 4 is 18.1 Å². The molecule has 0 unspecified atom stereocenters. The lowest BCUT2D eigenvalue weighted by molar-refractivity contribution is -0.108. The maximum atomic E-state index is 12.1. The first-order chi connectivity index (χ1) is 9.36. The quantitative estimate of drug-likeness (QED) is 0.336. The van der Waals surface area contributed by atoms with Gasteiger partial charge in [-0.3, -0.25) is 14.5 Å². The Morgan fingerprint density at radius 2 is 1.81 bits per heavy atom. The molecule has 1 aliphatic rings.